The minimum absolute atomic E-state index is 0.462. The van der Waals surface area contributed by atoms with Crippen LogP contribution in [0.15, 0.2) is 42.5 Å². The van der Waals surface area contributed by atoms with Crippen LogP contribution in [0.25, 0.3) is 0 Å². The lowest BCUT2D eigenvalue weighted by Gasteiger charge is -2.47. The Morgan fingerprint density at radius 2 is 1.71 bits per heavy atom. The first-order valence-electron chi connectivity index (χ1n) is 12.5. The van der Waals surface area contributed by atoms with Crippen LogP contribution >= 0.6 is 11.6 Å². The Balaban J connectivity index is 1.19. The van der Waals surface area contributed by atoms with Gasteiger partial charge in [0.25, 0.3) is 0 Å². The van der Waals surface area contributed by atoms with E-state index in [0.29, 0.717) is 22.9 Å². The van der Waals surface area contributed by atoms with Gasteiger partial charge < -0.3 is 29.9 Å². The SMILES string of the molecule is OC[C@H]1O[C@@H](c2ccc(Cl)c(Cc3ccc(OCC4CN(C5CCC5)C4)cc3)c2)[C@H](O)[C@@H](O)[C@@H]1O. The van der Waals surface area contributed by atoms with Crippen LogP contribution in [-0.4, -0.2) is 82.1 Å². The van der Waals surface area contributed by atoms with Gasteiger partial charge in [0.15, 0.2) is 0 Å². The van der Waals surface area contributed by atoms with Crippen molar-refractivity contribution in [1.82, 2.24) is 4.90 Å². The number of halogens is 1. The van der Waals surface area contributed by atoms with E-state index in [2.05, 4.69) is 4.90 Å². The fraction of sp³-hybridized carbons (Fsp3) is 0.556. The van der Waals surface area contributed by atoms with Crippen LogP contribution in [0.2, 0.25) is 5.02 Å². The topological polar surface area (TPSA) is 103 Å². The number of ether oxygens (including phenoxy) is 2. The van der Waals surface area contributed by atoms with Crippen molar-refractivity contribution in [3.63, 3.8) is 0 Å². The quantitative estimate of drug-likeness (QED) is 0.438. The summed E-state index contributed by atoms with van der Waals surface area (Å²) >= 11 is 6.45. The summed E-state index contributed by atoms with van der Waals surface area (Å²) in [6.07, 6.45) is -1.32. The zero-order valence-electron chi connectivity index (χ0n) is 19.7. The lowest BCUT2D eigenvalue weighted by atomic mass is 9.86. The van der Waals surface area contributed by atoms with Gasteiger partial charge in [0.2, 0.25) is 0 Å². The molecule has 35 heavy (non-hydrogen) atoms. The Hall–Kier alpha value is -1.71. The molecule has 4 N–H and O–H groups in total. The summed E-state index contributed by atoms with van der Waals surface area (Å²) < 4.78 is 11.7. The number of nitrogens with zero attached hydrogens (tertiary/aromatic N) is 1. The van der Waals surface area contributed by atoms with E-state index in [1.165, 1.54) is 19.3 Å². The fourth-order valence-corrected chi connectivity index (χ4v) is 5.37. The predicted molar refractivity (Wildman–Crippen MR) is 132 cm³/mol. The number of likely N-dealkylation sites (tertiary alicyclic amines) is 1. The van der Waals surface area contributed by atoms with Crippen LogP contribution in [0.3, 0.4) is 0 Å². The summed E-state index contributed by atoms with van der Waals surface area (Å²) in [5.74, 6) is 1.47. The second-order valence-electron chi connectivity index (χ2n) is 10.1. The van der Waals surface area contributed by atoms with E-state index in [0.717, 1.165) is 42.6 Å². The van der Waals surface area contributed by atoms with Crippen molar-refractivity contribution in [2.24, 2.45) is 5.92 Å². The van der Waals surface area contributed by atoms with Crippen molar-refractivity contribution in [2.45, 2.75) is 62.2 Å². The summed E-state index contributed by atoms with van der Waals surface area (Å²) in [5, 5.41) is 40.7. The molecule has 8 heteroatoms. The highest BCUT2D eigenvalue weighted by molar-refractivity contribution is 6.31. The average molecular weight is 504 g/mol. The van der Waals surface area contributed by atoms with Gasteiger partial charge in [-0.15, -0.1) is 0 Å². The van der Waals surface area contributed by atoms with Crippen LogP contribution in [0.4, 0.5) is 0 Å². The van der Waals surface area contributed by atoms with E-state index in [1.807, 2.05) is 30.3 Å². The van der Waals surface area contributed by atoms with Crippen molar-refractivity contribution >= 4 is 11.6 Å². The number of hydrogen-bond donors (Lipinski definition) is 4. The zero-order valence-corrected chi connectivity index (χ0v) is 20.4. The maximum absolute atomic E-state index is 10.5. The van der Waals surface area contributed by atoms with Crippen LogP contribution in [-0.2, 0) is 11.2 Å². The molecule has 7 nitrogen and oxygen atoms in total. The van der Waals surface area contributed by atoms with Crippen molar-refractivity contribution in [1.29, 1.82) is 0 Å². The molecule has 0 unspecified atom stereocenters. The van der Waals surface area contributed by atoms with Gasteiger partial charge in [0, 0.05) is 30.1 Å². The van der Waals surface area contributed by atoms with E-state index in [1.54, 1.807) is 12.1 Å². The summed E-state index contributed by atoms with van der Waals surface area (Å²) in [5.41, 5.74) is 2.53. The number of benzene rings is 2. The molecule has 0 amide bonds. The Kier molecular flexibility index (Phi) is 7.65. The van der Waals surface area contributed by atoms with Crippen molar-refractivity contribution in [2.75, 3.05) is 26.3 Å². The summed E-state index contributed by atoms with van der Waals surface area (Å²) in [7, 11) is 0. The molecule has 1 aliphatic carbocycles. The lowest BCUT2D eigenvalue weighted by Crippen LogP contribution is -2.55. The van der Waals surface area contributed by atoms with E-state index >= 15 is 0 Å². The average Bonchev–Trinajstić information content (AvgIpc) is 2.80. The third-order valence-electron chi connectivity index (χ3n) is 7.67. The van der Waals surface area contributed by atoms with Gasteiger partial charge in [0.05, 0.1) is 13.2 Å². The fourth-order valence-electron chi connectivity index (χ4n) is 5.19. The highest BCUT2D eigenvalue weighted by atomic mass is 35.5. The first-order valence-corrected chi connectivity index (χ1v) is 12.9. The Labute approximate surface area is 210 Å². The van der Waals surface area contributed by atoms with Crippen molar-refractivity contribution in [3.8, 4) is 5.75 Å². The summed E-state index contributed by atoms with van der Waals surface area (Å²) in [6, 6.07) is 14.1. The molecule has 2 saturated heterocycles. The molecule has 0 radical (unpaired) electrons. The molecular weight excluding hydrogens is 470 g/mol. The molecule has 2 aromatic carbocycles. The van der Waals surface area contributed by atoms with Crippen molar-refractivity contribution in [3.05, 3.63) is 64.2 Å². The lowest BCUT2D eigenvalue weighted by molar-refractivity contribution is -0.231. The van der Waals surface area contributed by atoms with Crippen LogP contribution in [0.5, 0.6) is 5.75 Å². The molecule has 0 bridgehead atoms. The largest absolute Gasteiger partial charge is 0.493 e. The molecule has 2 aliphatic heterocycles. The summed E-state index contributed by atoms with van der Waals surface area (Å²) in [4.78, 5) is 2.57. The van der Waals surface area contributed by atoms with Gasteiger partial charge in [-0.05, 0) is 54.2 Å². The molecular formula is C27H34ClNO6. The molecule has 5 rings (SSSR count). The first kappa shape index (κ1) is 25.0. The second kappa shape index (κ2) is 10.7. The van der Waals surface area contributed by atoms with Crippen molar-refractivity contribution < 1.29 is 29.9 Å². The van der Waals surface area contributed by atoms with Gasteiger partial charge in [0.1, 0.15) is 36.3 Å². The molecule has 0 aromatic heterocycles. The smallest absolute Gasteiger partial charge is 0.119 e. The first-order chi connectivity index (χ1) is 16.9. The minimum Gasteiger partial charge on any atom is -0.493 e. The molecule has 190 valence electrons. The van der Waals surface area contributed by atoms with Crippen LogP contribution in [0.1, 0.15) is 42.1 Å². The number of aliphatic hydroxyl groups is 4. The highest BCUT2D eigenvalue weighted by Crippen LogP contribution is 2.35. The normalized spacial score (nSPS) is 30.0. The Bertz CT molecular complexity index is 992. The van der Waals surface area contributed by atoms with E-state index in [-0.39, 0.29) is 0 Å². The van der Waals surface area contributed by atoms with Crippen LogP contribution < -0.4 is 4.74 Å². The predicted octanol–water partition coefficient (Wildman–Crippen LogP) is 2.31. The maximum Gasteiger partial charge on any atom is 0.119 e. The molecule has 2 heterocycles. The molecule has 5 atom stereocenters. The van der Waals surface area contributed by atoms with E-state index in [9.17, 15) is 20.4 Å². The van der Waals surface area contributed by atoms with Gasteiger partial charge in [-0.2, -0.15) is 0 Å². The second-order valence-corrected chi connectivity index (χ2v) is 10.5. The minimum atomic E-state index is -1.42. The molecule has 1 saturated carbocycles. The Morgan fingerprint density at radius 1 is 0.971 bits per heavy atom. The molecule has 0 spiro atoms. The van der Waals surface area contributed by atoms with Gasteiger partial charge in [-0.3, -0.25) is 4.90 Å². The standard InChI is InChI=1S/C27H34ClNO6/c28-22-9-6-18(27-26(33)25(32)24(31)23(14-30)35-27)11-19(22)10-16-4-7-21(8-5-16)34-15-17-12-29(13-17)20-2-1-3-20/h4-9,11,17,20,23-27,30-33H,1-3,10,12-15H2/t23-,24-,25+,26-,27+/m1/s1. The number of hydrogen-bond acceptors (Lipinski definition) is 7. The zero-order chi connectivity index (χ0) is 24.5. The van der Waals surface area contributed by atoms with Crippen LogP contribution in [0, 0.1) is 5.92 Å². The molecule has 3 fully saturated rings. The summed E-state index contributed by atoms with van der Waals surface area (Å²) in [6.45, 7) is 2.57. The van der Waals surface area contributed by atoms with Gasteiger partial charge in [-0.25, -0.2) is 0 Å². The third kappa shape index (κ3) is 5.37. The van der Waals surface area contributed by atoms with Gasteiger partial charge in [-0.1, -0.05) is 42.3 Å². The maximum atomic E-state index is 10.5. The monoisotopic (exact) mass is 503 g/mol. The molecule has 3 aliphatic rings. The van der Waals surface area contributed by atoms with E-state index < -0.39 is 37.1 Å². The Morgan fingerprint density at radius 3 is 2.37 bits per heavy atom. The number of aliphatic hydroxyl groups excluding tert-OH is 4. The van der Waals surface area contributed by atoms with Gasteiger partial charge >= 0.3 is 0 Å². The highest BCUT2D eigenvalue weighted by Gasteiger charge is 2.44. The number of rotatable bonds is 8. The molecule has 2 aromatic rings. The third-order valence-corrected chi connectivity index (χ3v) is 8.04. The van der Waals surface area contributed by atoms with E-state index in [4.69, 9.17) is 21.1 Å².